The minimum atomic E-state index is -1.01. The summed E-state index contributed by atoms with van der Waals surface area (Å²) in [4.78, 5) is 46.2. The van der Waals surface area contributed by atoms with Gasteiger partial charge in [0.1, 0.15) is 5.75 Å². The van der Waals surface area contributed by atoms with E-state index in [1.807, 2.05) is 6.07 Å². The van der Waals surface area contributed by atoms with Crippen LogP contribution in [0.25, 0.3) is 0 Å². The number of hydrazone groups is 1. The first-order valence-electron chi connectivity index (χ1n) is 9.57. The molecule has 0 fully saturated rings. The number of rotatable bonds is 6. The van der Waals surface area contributed by atoms with Gasteiger partial charge in [0.05, 0.1) is 28.3 Å². The summed E-state index contributed by atoms with van der Waals surface area (Å²) in [5.41, 5.74) is 3.27. The molecule has 0 saturated heterocycles. The molecule has 0 spiro atoms. The second-order valence-electron chi connectivity index (χ2n) is 6.61. The third-order valence-corrected chi connectivity index (χ3v) is 4.24. The van der Waals surface area contributed by atoms with E-state index in [0.717, 1.165) is 0 Å². The van der Waals surface area contributed by atoms with Crippen molar-refractivity contribution in [3.63, 3.8) is 0 Å². The number of carbonyl (C=O) groups is 3. The summed E-state index contributed by atoms with van der Waals surface area (Å²) in [5, 5.41) is 25.5. The van der Waals surface area contributed by atoms with Gasteiger partial charge < -0.3 is 10.1 Å². The summed E-state index contributed by atoms with van der Waals surface area (Å²) >= 11 is 0. The van der Waals surface area contributed by atoms with Crippen molar-refractivity contribution >= 4 is 35.4 Å². The van der Waals surface area contributed by atoms with Crippen molar-refractivity contribution in [3.8, 4) is 11.8 Å². The van der Waals surface area contributed by atoms with Gasteiger partial charge in [0.2, 0.25) is 0 Å². The van der Waals surface area contributed by atoms with Crippen LogP contribution >= 0.6 is 0 Å². The molecule has 0 atom stereocenters. The zero-order valence-corrected chi connectivity index (χ0v) is 17.3. The highest BCUT2D eigenvalue weighted by atomic mass is 16.6. The number of carbonyl (C=O) groups excluding carboxylic acids is 3. The fourth-order valence-corrected chi connectivity index (χ4v) is 2.58. The lowest BCUT2D eigenvalue weighted by Gasteiger charge is -2.05. The van der Waals surface area contributed by atoms with Crippen LogP contribution in [0.5, 0.6) is 5.75 Å². The molecule has 0 aliphatic rings. The molecule has 3 aromatic rings. The minimum absolute atomic E-state index is 0.130. The maximum absolute atomic E-state index is 12.2. The van der Waals surface area contributed by atoms with Crippen LogP contribution in [0.1, 0.15) is 21.5 Å². The number of amides is 2. The van der Waals surface area contributed by atoms with Crippen molar-refractivity contribution in [2.24, 2.45) is 5.10 Å². The third-order valence-electron chi connectivity index (χ3n) is 4.24. The van der Waals surface area contributed by atoms with Gasteiger partial charge in [-0.3, -0.25) is 19.7 Å². The number of ether oxygens (including phenoxy) is 1. The predicted molar refractivity (Wildman–Crippen MR) is 120 cm³/mol. The molecule has 0 heterocycles. The summed E-state index contributed by atoms with van der Waals surface area (Å²) in [5.74, 6) is -2.50. The van der Waals surface area contributed by atoms with E-state index < -0.39 is 22.7 Å². The molecule has 168 valence electrons. The fraction of sp³-hybridized carbons (Fsp3) is 0. The minimum Gasteiger partial charge on any atom is -0.423 e. The Morgan fingerprint density at radius 3 is 2.35 bits per heavy atom. The van der Waals surface area contributed by atoms with Crippen molar-refractivity contribution in [2.75, 3.05) is 5.32 Å². The smallest absolute Gasteiger partial charge is 0.343 e. The lowest BCUT2D eigenvalue weighted by Crippen LogP contribution is -2.32. The first-order valence-corrected chi connectivity index (χ1v) is 9.57. The number of nitro benzene ring substituents is 1. The van der Waals surface area contributed by atoms with E-state index in [-0.39, 0.29) is 17.0 Å². The Kier molecular flexibility index (Phi) is 7.39. The Labute approximate surface area is 192 Å². The summed E-state index contributed by atoms with van der Waals surface area (Å²) in [6.07, 6.45) is 1.25. The van der Waals surface area contributed by atoms with E-state index >= 15 is 0 Å². The zero-order valence-electron chi connectivity index (χ0n) is 17.3. The van der Waals surface area contributed by atoms with Crippen LogP contribution in [0, 0.1) is 21.4 Å². The molecule has 2 amide bonds. The Morgan fingerprint density at radius 1 is 1.00 bits per heavy atom. The van der Waals surface area contributed by atoms with Crippen LogP contribution in [0.15, 0.2) is 77.9 Å². The number of anilines is 1. The van der Waals surface area contributed by atoms with E-state index in [9.17, 15) is 24.5 Å². The molecule has 0 radical (unpaired) electrons. The average Bonchev–Trinajstić information content (AvgIpc) is 2.84. The predicted octanol–water partition coefficient (Wildman–Crippen LogP) is 2.77. The number of benzene rings is 3. The SMILES string of the molecule is N#Cc1ccc(NC(=O)C(=O)NN=Cc2cccc(OC(=O)c3ccc([N+](=O)[O-])cc3)c2)cc1. The molecule has 0 aliphatic carbocycles. The number of nitro groups is 1. The summed E-state index contributed by atoms with van der Waals surface area (Å²) in [7, 11) is 0. The molecular weight excluding hydrogens is 442 g/mol. The van der Waals surface area contributed by atoms with E-state index in [2.05, 4.69) is 15.8 Å². The first kappa shape index (κ1) is 23.3. The van der Waals surface area contributed by atoms with Crippen molar-refractivity contribution in [1.29, 1.82) is 5.26 Å². The van der Waals surface area contributed by atoms with E-state index in [1.54, 1.807) is 12.1 Å². The van der Waals surface area contributed by atoms with Crippen LogP contribution in [-0.2, 0) is 9.59 Å². The van der Waals surface area contributed by atoms with Gasteiger partial charge in [-0.05, 0) is 54.1 Å². The summed E-state index contributed by atoms with van der Waals surface area (Å²) in [6.45, 7) is 0. The molecule has 0 aromatic heterocycles. The van der Waals surface area contributed by atoms with Crippen LogP contribution < -0.4 is 15.5 Å². The second-order valence-corrected chi connectivity index (χ2v) is 6.61. The molecule has 2 N–H and O–H groups in total. The van der Waals surface area contributed by atoms with Gasteiger partial charge in [-0.15, -0.1) is 0 Å². The normalized spacial score (nSPS) is 10.2. The number of esters is 1. The van der Waals surface area contributed by atoms with Crippen molar-refractivity contribution in [3.05, 3.63) is 99.6 Å². The Bertz CT molecular complexity index is 1310. The van der Waals surface area contributed by atoms with E-state index in [0.29, 0.717) is 16.8 Å². The Morgan fingerprint density at radius 2 is 1.71 bits per heavy atom. The lowest BCUT2D eigenvalue weighted by atomic mass is 10.2. The van der Waals surface area contributed by atoms with Gasteiger partial charge in [-0.2, -0.15) is 10.4 Å². The largest absolute Gasteiger partial charge is 0.423 e. The number of nitrogens with one attached hydrogen (secondary N) is 2. The molecule has 11 nitrogen and oxygen atoms in total. The van der Waals surface area contributed by atoms with Crippen LogP contribution in [0.4, 0.5) is 11.4 Å². The van der Waals surface area contributed by atoms with Gasteiger partial charge in [-0.25, -0.2) is 10.2 Å². The van der Waals surface area contributed by atoms with Crippen molar-refractivity contribution in [2.45, 2.75) is 0 Å². The molecule has 11 heteroatoms. The van der Waals surface area contributed by atoms with Gasteiger partial charge in [0, 0.05) is 17.8 Å². The number of hydrogen-bond acceptors (Lipinski definition) is 8. The zero-order chi connectivity index (χ0) is 24.5. The monoisotopic (exact) mass is 457 g/mol. The van der Waals surface area contributed by atoms with E-state index in [1.165, 1.54) is 66.9 Å². The number of nitrogens with zero attached hydrogens (tertiary/aromatic N) is 3. The molecular formula is C23H15N5O6. The molecule has 0 saturated carbocycles. The van der Waals surface area contributed by atoms with Crippen LogP contribution in [0.3, 0.4) is 0 Å². The molecule has 34 heavy (non-hydrogen) atoms. The third kappa shape index (κ3) is 6.32. The quantitative estimate of drug-likeness (QED) is 0.143. The maximum atomic E-state index is 12.2. The molecule has 0 aliphatic heterocycles. The molecule has 0 unspecified atom stereocenters. The summed E-state index contributed by atoms with van der Waals surface area (Å²) < 4.78 is 5.25. The topological polar surface area (TPSA) is 164 Å². The highest BCUT2D eigenvalue weighted by Crippen LogP contribution is 2.17. The Hall–Kier alpha value is -5.37. The first-order chi connectivity index (χ1) is 16.4. The Balaban J connectivity index is 1.55. The van der Waals surface area contributed by atoms with Crippen LogP contribution in [-0.4, -0.2) is 28.9 Å². The molecule has 3 aromatic carbocycles. The number of nitriles is 1. The van der Waals surface area contributed by atoms with Gasteiger partial charge in [0.15, 0.2) is 0 Å². The summed E-state index contributed by atoms with van der Waals surface area (Å²) in [6, 6.07) is 19.0. The van der Waals surface area contributed by atoms with Crippen molar-refractivity contribution in [1.82, 2.24) is 5.43 Å². The van der Waals surface area contributed by atoms with E-state index in [4.69, 9.17) is 10.00 Å². The number of hydrogen-bond donors (Lipinski definition) is 2. The average molecular weight is 457 g/mol. The molecule has 0 bridgehead atoms. The maximum Gasteiger partial charge on any atom is 0.343 e. The molecule has 3 rings (SSSR count). The fourth-order valence-electron chi connectivity index (χ4n) is 2.58. The standard InChI is InChI=1S/C23H15N5O6/c24-13-15-4-8-18(9-5-15)26-21(29)22(30)27-25-14-16-2-1-3-20(12-16)34-23(31)17-6-10-19(11-7-17)28(32)33/h1-12,14H,(H,26,29)(H,27,30). The van der Waals surface area contributed by atoms with Gasteiger partial charge in [-0.1, -0.05) is 12.1 Å². The lowest BCUT2D eigenvalue weighted by molar-refractivity contribution is -0.384. The highest BCUT2D eigenvalue weighted by molar-refractivity contribution is 6.39. The van der Waals surface area contributed by atoms with Crippen molar-refractivity contribution < 1.29 is 24.0 Å². The van der Waals surface area contributed by atoms with Gasteiger partial charge >= 0.3 is 17.8 Å². The second kappa shape index (κ2) is 10.8. The number of non-ortho nitro benzene ring substituents is 1. The van der Waals surface area contributed by atoms with Gasteiger partial charge in [0.25, 0.3) is 5.69 Å². The highest BCUT2D eigenvalue weighted by Gasteiger charge is 2.13. The van der Waals surface area contributed by atoms with Crippen LogP contribution in [0.2, 0.25) is 0 Å².